The summed E-state index contributed by atoms with van der Waals surface area (Å²) in [5, 5.41) is 14.4. The molecular formula is C15H20N2O. The summed E-state index contributed by atoms with van der Waals surface area (Å²) in [5.41, 5.74) is 3.03. The van der Waals surface area contributed by atoms with E-state index in [2.05, 4.69) is 31.1 Å². The third kappa shape index (κ3) is 2.99. The average Bonchev–Trinajstić information content (AvgIpc) is 2.74. The molecule has 1 N–H and O–H groups in total. The molecule has 2 rings (SSSR count). The number of nitrogens with zero attached hydrogens (tertiary/aromatic N) is 2. The summed E-state index contributed by atoms with van der Waals surface area (Å²) in [6.45, 7) is 4.40. The van der Waals surface area contributed by atoms with Crippen LogP contribution in [-0.4, -0.2) is 14.9 Å². The van der Waals surface area contributed by atoms with E-state index in [-0.39, 0.29) is 0 Å². The first kappa shape index (κ1) is 12.8. The van der Waals surface area contributed by atoms with Crippen LogP contribution in [0, 0.1) is 5.92 Å². The van der Waals surface area contributed by atoms with Crippen LogP contribution in [0.2, 0.25) is 0 Å². The van der Waals surface area contributed by atoms with Gasteiger partial charge in [0.2, 0.25) is 0 Å². The standard InChI is InChI=1S/C15H20N2O/c1-11(2)7-12-5-4-6-13(8-12)15(18)14-9-16-17(3)10-14/h4-6,8-11,15,18H,7H2,1-3H3. The molecule has 1 atom stereocenters. The normalized spacial score (nSPS) is 12.9. The number of hydrogen-bond donors (Lipinski definition) is 1. The molecule has 18 heavy (non-hydrogen) atoms. The number of aryl methyl sites for hydroxylation is 1. The van der Waals surface area contributed by atoms with Crippen LogP contribution in [0.5, 0.6) is 0 Å². The third-order valence-electron chi connectivity index (χ3n) is 2.95. The zero-order valence-electron chi connectivity index (χ0n) is 11.2. The van der Waals surface area contributed by atoms with E-state index in [1.165, 1.54) is 5.56 Å². The van der Waals surface area contributed by atoms with Crippen molar-refractivity contribution in [3.63, 3.8) is 0 Å². The van der Waals surface area contributed by atoms with Crippen LogP contribution in [0.15, 0.2) is 36.7 Å². The molecule has 0 bridgehead atoms. The van der Waals surface area contributed by atoms with E-state index in [9.17, 15) is 5.11 Å². The van der Waals surface area contributed by atoms with Crippen LogP contribution in [0.1, 0.15) is 36.6 Å². The van der Waals surface area contributed by atoms with Gasteiger partial charge in [-0.15, -0.1) is 0 Å². The van der Waals surface area contributed by atoms with E-state index in [0.717, 1.165) is 17.5 Å². The fourth-order valence-electron chi connectivity index (χ4n) is 2.14. The van der Waals surface area contributed by atoms with Gasteiger partial charge in [0.05, 0.1) is 6.20 Å². The number of rotatable bonds is 4. The first-order valence-electron chi connectivity index (χ1n) is 6.31. The number of aliphatic hydroxyl groups excluding tert-OH is 1. The molecule has 0 saturated carbocycles. The molecule has 3 nitrogen and oxygen atoms in total. The van der Waals surface area contributed by atoms with Crippen molar-refractivity contribution in [2.75, 3.05) is 0 Å². The number of benzene rings is 1. The summed E-state index contributed by atoms with van der Waals surface area (Å²) in [6.07, 6.45) is 4.00. The molecule has 3 heteroatoms. The molecule has 0 aliphatic carbocycles. The van der Waals surface area contributed by atoms with E-state index in [0.29, 0.717) is 5.92 Å². The van der Waals surface area contributed by atoms with Crippen molar-refractivity contribution in [2.24, 2.45) is 13.0 Å². The Morgan fingerprint density at radius 3 is 2.67 bits per heavy atom. The van der Waals surface area contributed by atoms with Crippen molar-refractivity contribution in [3.05, 3.63) is 53.3 Å². The van der Waals surface area contributed by atoms with Crippen molar-refractivity contribution in [2.45, 2.75) is 26.4 Å². The van der Waals surface area contributed by atoms with Crippen LogP contribution >= 0.6 is 0 Å². The first-order valence-corrected chi connectivity index (χ1v) is 6.31. The molecular weight excluding hydrogens is 224 g/mol. The molecule has 0 spiro atoms. The number of aliphatic hydroxyl groups is 1. The van der Waals surface area contributed by atoms with Gasteiger partial charge in [-0.25, -0.2) is 0 Å². The van der Waals surface area contributed by atoms with Gasteiger partial charge in [-0.2, -0.15) is 5.10 Å². The Kier molecular flexibility index (Phi) is 3.82. The van der Waals surface area contributed by atoms with E-state index in [1.807, 2.05) is 25.4 Å². The van der Waals surface area contributed by atoms with Gasteiger partial charge in [-0.3, -0.25) is 4.68 Å². The van der Waals surface area contributed by atoms with Gasteiger partial charge in [0.25, 0.3) is 0 Å². The average molecular weight is 244 g/mol. The topological polar surface area (TPSA) is 38.1 Å². The fourth-order valence-corrected chi connectivity index (χ4v) is 2.14. The Labute approximate surface area is 108 Å². The Morgan fingerprint density at radius 1 is 1.28 bits per heavy atom. The molecule has 0 fully saturated rings. The molecule has 0 saturated heterocycles. The molecule has 1 aromatic carbocycles. The maximum absolute atomic E-state index is 10.3. The minimum absolute atomic E-state index is 0.592. The van der Waals surface area contributed by atoms with Gasteiger partial charge in [0.1, 0.15) is 6.10 Å². The Morgan fingerprint density at radius 2 is 2.06 bits per heavy atom. The van der Waals surface area contributed by atoms with Crippen LogP contribution < -0.4 is 0 Å². The second kappa shape index (κ2) is 5.36. The van der Waals surface area contributed by atoms with Gasteiger partial charge in [-0.05, 0) is 23.5 Å². The zero-order chi connectivity index (χ0) is 13.1. The van der Waals surface area contributed by atoms with Crippen LogP contribution in [-0.2, 0) is 13.5 Å². The third-order valence-corrected chi connectivity index (χ3v) is 2.95. The van der Waals surface area contributed by atoms with Crippen molar-refractivity contribution < 1.29 is 5.11 Å². The zero-order valence-corrected chi connectivity index (χ0v) is 11.2. The maximum Gasteiger partial charge on any atom is 0.107 e. The highest BCUT2D eigenvalue weighted by molar-refractivity contribution is 5.31. The van der Waals surface area contributed by atoms with Gasteiger partial charge >= 0.3 is 0 Å². The lowest BCUT2D eigenvalue weighted by Crippen LogP contribution is -2.01. The lowest BCUT2D eigenvalue weighted by molar-refractivity contribution is 0.220. The maximum atomic E-state index is 10.3. The van der Waals surface area contributed by atoms with Crippen LogP contribution in [0.4, 0.5) is 0 Å². The van der Waals surface area contributed by atoms with Gasteiger partial charge in [0.15, 0.2) is 0 Å². The van der Waals surface area contributed by atoms with Gasteiger partial charge in [0, 0.05) is 18.8 Å². The monoisotopic (exact) mass is 244 g/mol. The quantitative estimate of drug-likeness (QED) is 0.898. The van der Waals surface area contributed by atoms with Gasteiger partial charge in [-0.1, -0.05) is 38.1 Å². The molecule has 96 valence electrons. The minimum atomic E-state index is -0.592. The summed E-state index contributed by atoms with van der Waals surface area (Å²) >= 11 is 0. The summed E-state index contributed by atoms with van der Waals surface area (Å²) < 4.78 is 1.70. The first-order chi connectivity index (χ1) is 8.56. The Balaban J connectivity index is 2.22. The summed E-state index contributed by atoms with van der Waals surface area (Å²) in [6, 6.07) is 8.16. The van der Waals surface area contributed by atoms with Crippen molar-refractivity contribution in [3.8, 4) is 0 Å². The second-order valence-corrected chi connectivity index (χ2v) is 5.19. The van der Waals surface area contributed by atoms with Crippen molar-refractivity contribution >= 4 is 0 Å². The molecule has 2 aromatic rings. The van der Waals surface area contributed by atoms with Crippen LogP contribution in [0.3, 0.4) is 0 Å². The molecule has 0 radical (unpaired) electrons. The SMILES string of the molecule is CC(C)Cc1cccc(C(O)c2cnn(C)c2)c1. The number of hydrogen-bond acceptors (Lipinski definition) is 2. The van der Waals surface area contributed by atoms with E-state index in [4.69, 9.17) is 0 Å². The molecule has 1 heterocycles. The van der Waals surface area contributed by atoms with Crippen molar-refractivity contribution in [1.82, 2.24) is 9.78 Å². The smallest absolute Gasteiger partial charge is 0.107 e. The molecule has 1 unspecified atom stereocenters. The predicted molar refractivity (Wildman–Crippen MR) is 72.3 cm³/mol. The Bertz CT molecular complexity index is 517. The van der Waals surface area contributed by atoms with E-state index >= 15 is 0 Å². The molecule has 1 aromatic heterocycles. The predicted octanol–water partition coefficient (Wildman–Crippen LogP) is 2.70. The van der Waals surface area contributed by atoms with Crippen molar-refractivity contribution in [1.29, 1.82) is 0 Å². The van der Waals surface area contributed by atoms with Crippen LogP contribution in [0.25, 0.3) is 0 Å². The summed E-state index contributed by atoms with van der Waals surface area (Å²) in [4.78, 5) is 0. The lowest BCUT2D eigenvalue weighted by atomic mass is 9.97. The summed E-state index contributed by atoms with van der Waals surface area (Å²) in [5.74, 6) is 0.621. The number of aromatic nitrogens is 2. The Hall–Kier alpha value is -1.61. The highest BCUT2D eigenvalue weighted by Gasteiger charge is 2.12. The van der Waals surface area contributed by atoms with Gasteiger partial charge < -0.3 is 5.11 Å². The lowest BCUT2D eigenvalue weighted by Gasteiger charge is -2.11. The largest absolute Gasteiger partial charge is 0.384 e. The van der Waals surface area contributed by atoms with E-state index < -0.39 is 6.10 Å². The molecule has 0 aliphatic heterocycles. The second-order valence-electron chi connectivity index (χ2n) is 5.19. The highest BCUT2D eigenvalue weighted by Crippen LogP contribution is 2.22. The highest BCUT2D eigenvalue weighted by atomic mass is 16.3. The molecule has 0 amide bonds. The minimum Gasteiger partial charge on any atom is -0.384 e. The van der Waals surface area contributed by atoms with E-state index in [1.54, 1.807) is 10.9 Å². The molecule has 0 aliphatic rings. The fraction of sp³-hybridized carbons (Fsp3) is 0.400. The summed E-state index contributed by atoms with van der Waals surface area (Å²) in [7, 11) is 1.85.